The SMILES string of the molecule is CC(C)(C)[Si](C)(C)[Si](C)(C)c1ccccc1. The van der Waals surface area contributed by atoms with Crippen molar-refractivity contribution in [3.05, 3.63) is 30.3 Å². The lowest BCUT2D eigenvalue weighted by atomic mass is 10.2. The molecule has 0 saturated carbocycles. The fourth-order valence-electron chi connectivity index (χ4n) is 2.15. The summed E-state index contributed by atoms with van der Waals surface area (Å²) >= 11 is 0. The Bertz CT molecular complexity index is 345. The summed E-state index contributed by atoms with van der Waals surface area (Å²) in [5, 5.41) is 2.11. The molecule has 16 heavy (non-hydrogen) atoms. The van der Waals surface area contributed by atoms with Gasteiger partial charge in [0, 0.05) is 0 Å². The molecule has 0 aliphatic heterocycles. The quantitative estimate of drug-likeness (QED) is 0.691. The minimum atomic E-state index is -1.30. The van der Waals surface area contributed by atoms with Crippen LogP contribution < -0.4 is 5.19 Å². The van der Waals surface area contributed by atoms with Gasteiger partial charge in [-0.25, -0.2) is 0 Å². The first-order valence-corrected chi connectivity index (χ1v) is 13.2. The highest BCUT2D eigenvalue weighted by atomic mass is 29.3. The molecule has 0 aliphatic carbocycles. The molecule has 0 radical (unpaired) electrons. The Hall–Kier alpha value is -0.346. The van der Waals surface area contributed by atoms with Gasteiger partial charge in [-0.15, -0.1) is 0 Å². The first-order chi connectivity index (χ1) is 7.11. The van der Waals surface area contributed by atoms with Gasteiger partial charge in [-0.2, -0.15) is 0 Å². The van der Waals surface area contributed by atoms with E-state index in [0.29, 0.717) is 5.04 Å². The van der Waals surface area contributed by atoms with Crippen molar-refractivity contribution in [2.75, 3.05) is 0 Å². The molecular weight excluding hydrogens is 224 g/mol. The molecule has 1 aromatic rings. The highest BCUT2D eigenvalue weighted by molar-refractivity contribution is 7.46. The van der Waals surface area contributed by atoms with Crippen molar-refractivity contribution in [1.82, 2.24) is 0 Å². The zero-order valence-corrected chi connectivity index (χ0v) is 13.9. The fraction of sp³-hybridized carbons (Fsp3) is 0.571. The molecule has 0 bridgehead atoms. The lowest BCUT2D eigenvalue weighted by molar-refractivity contribution is 0.733. The van der Waals surface area contributed by atoms with Crippen molar-refractivity contribution in [2.45, 2.75) is 52.0 Å². The van der Waals surface area contributed by atoms with Crippen molar-refractivity contribution in [1.29, 1.82) is 0 Å². The molecule has 0 nitrogen and oxygen atoms in total. The second kappa shape index (κ2) is 4.15. The van der Waals surface area contributed by atoms with E-state index in [4.69, 9.17) is 0 Å². The summed E-state index contributed by atoms with van der Waals surface area (Å²) in [6, 6.07) is 11.2. The summed E-state index contributed by atoms with van der Waals surface area (Å²) in [5.74, 6) is 0. The van der Waals surface area contributed by atoms with Crippen LogP contribution in [0.15, 0.2) is 30.3 Å². The largest absolute Gasteiger partial charge is 0.0743 e. The second-order valence-corrected chi connectivity index (χ2v) is 22.9. The maximum Gasteiger partial charge on any atom is 0.0743 e. The minimum absolute atomic E-state index is 0.485. The molecule has 0 saturated heterocycles. The third-order valence-electron chi connectivity index (χ3n) is 4.93. The molecular formula is C14H26Si2. The van der Waals surface area contributed by atoms with Gasteiger partial charge in [0.1, 0.15) is 0 Å². The molecule has 0 aromatic heterocycles. The van der Waals surface area contributed by atoms with Gasteiger partial charge in [0.25, 0.3) is 0 Å². The average molecular weight is 251 g/mol. The standard InChI is InChI=1S/C14H26Si2/c1-14(2,3)16(6,7)15(4,5)13-11-9-8-10-12-13/h8-12H,1-7H3. The van der Waals surface area contributed by atoms with Gasteiger partial charge in [0.15, 0.2) is 0 Å². The van der Waals surface area contributed by atoms with Crippen LogP contribution in [0.25, 0.3) is 0 Å². The number of hydrogen-bond acceptors (Lipinski definition) is 0. The van der Waals surface area contributed by atoms with E-state index in [1.54, 1.807) is 5.19 Å². The van der Waals surface area contributed by atoms with Crippen LogP contribution in [0.1, 0.15) is 20.8 Å². The van der Waals surface area contributed by atoms with Crippen LogP contribution in [-0.4, -0.2) is 15.2 Å². The Kier molecular flexibility index (Phi) is 3.56. The molecule has 0 fully saturated rings. The van der Waals surface area contributed by atoms with E-state index in [2.05, 4.69) is 77.3 Å². The summed E-state index contributed by atoms with van der Waals surface area (Å²) < 4.78 is 0. The van der Waals surface area contributed by atoms with Gasteiger partial charge in [-0.1, -0.05) is 82.5 Å². The molecule has 1 aromatic carbocycles. The molecule has 0 aliphatic rings. The van der Waals surface area contributed by atoms with Gasteiger partial charge in [0.05, 0.1) is 15.2 Å². The van der Waals surface area contributed by atoms with Crippen LogP contribution in [-0.2, 0) is 0 Å². The van der Waals surface area contributed by atoms with Crippen LogP contribution in [0.5, 0.6) is 0 Å². The van der Waals surface area contributed by atoms with E-state index in [0.717, 1.165) is 0 Å². The molecule has 0 spiro atoms. The molecule has 1 rings (SSSR count). The third-order valence-corrected chi connectivity index (χ3v) is 26.1. The first kappa shape index (κ1) is 13.7. The average Bonchev–Trinajstić information content (AvgIpc) is 2.17. The molecule has 2 heteroatoms. The van der Waals surface area contributed by atoms with E-state index < -0.39 is 15.2 Å². The van der Waals surface area contributed by atoms with E-state index in [9.17, 15) is 0 Å². The van der Waals surface area contributed by atoms with Gasteiger partial charge < -0.3 is 0 Å². The van der Waals surface area contributed by atoms with Crippen LogP contribution in [0.4, 0.5) is 0 Å². The molecule has 0 atom stereocenters. The van der Waals surface area contributed by atoms with Crippen LogP contribution >= 0.6 is 0 Å². The maximum absolute atomic E-state index is 2.58. The molecule has 0 N–H and O–H groups in total. The molecule has 90 valence electrons. The predicted octanol–water partition coefficient (Wildman–Crippen LogP) is 4.19. The van der Waals surface area contributed by atoms with Gasteiger partial charge >= 0.3 is 0 Å². The zero-order valence-electron chi connectivity index (χ0n) is 11.9. The summed E-state index contributed by atoms with van der Waals surface area (Å²) in [6.07, 6.45) is 0. The van der Waals surface area contributed by atoms with Gasteiger partial charge in [-0.3, -0.25) is 0 Å². The molecule has 0 unspecified atom stereocenters. The van der Waals surface area contributed by atoms with Crippen molar-refractivity contribution in [3.63, 3.8) is 0 Å². The summed E-state index contributed by atoms with van der Waals surface area (Å²) in [6.45, 7) is 17.5. The Morgan fingerprint density at radius 2 is 1.25 bits per heavy atom. The highest BCUT2D eigenvalue weighted by Gasteiger charge is 2.49. The Morgan fingerprint density at radius 1 is 0.812 bits per heavy atom. The fourth-order valence-corrected chi connectivity index (χ4v) is 14.1. The van der Waals surface area contributed by atoms with Gasteiger partial charge in [-0.05, 0) is 5.04 Å². The zero-order chi connectivity index (χ0) is 12.6. The van der Waals surface area contributed by atoms with Crippen molar-refractivity contribution >= 4 is 20.4 Å². The summed E-state index contributed by atoms with van der Waals surface area (Å²) in [5.41, 5.74) is 0. The molecule has 0 heterocycles. The Morgan fingerprint density at radius 3 is 1.62 bits per heavy atom. The predicted molar refractivity (Wildman–Crippen MR) is 80.8 cm³/mol. The monoisotopic (exact) mass is 250 g/mol. The first-order valence-electron chi connectivity index (χ1n) is 6.16. The van der Waals surface area contributed by atoms with Crippen LogP contribution in [0.3, 0.4) is 0 Å². The lowest BCUT2D eigenvalue weighted by Gasteiger charge is -2.48. The Labute approximate surface area is 103 Å². The Balaban J connectivity index is 3.22. The van der Waals surface area contributed by atoms with Crippen molar-refractivity contribution in [2.24, 2.45) is 0 Å². The number of hydrogen-bond donors (Lipinski definition) is 0. The maximum atomic E-state index is 2.58. The van der Waals surface area contributed by atoms with Crippen molar-refractivity contribution < 1.29 is 0 Å². The van der Waals surface area contributed by atoms with E-state index in [1.165, 1.54) is 0 Å². The van der Waals surface area contributed by atoms with Crippen molar-refractivity contribution in [3.8, 4) is 0 Å². The third kappa shape index (κ3) is 2.18. The lowest BCUT2D eigenvalue weighted by Crippen LogP contribution is -2.66. The molecule has 0 amide bonds. The minimum Gasteiger partial charge on any atom is -0.0706 e. The van der Waals surface area contributed by atoms with E-state index in [-0.39, 0.29) is 0 Å². The van der Waals surface area contributed by atoms with E-state index in [1.807, 2.05) is 0 Å². The summed E-state index contributed by atoms with van der Waals surface area (Å²) in [7, 11) is -2.54. The van der Waals surface area contributed by atoms with E-state index >= 15 is 0 Å². The number of benzene rings is 1. The second-order valence-electron chi connectivity index (χ2n) is 6.87. The topological polar surface area (TPSA) is 0 Å². The van der Waals surface area contributed by atoms with Crippen LogP contribution in [0.2, 0.25) is 31.2 Å². The summed E-state index contributed by atoms with van der Waals surface area (Å²) in [4.78, 5) is 0. The van der Waals surface area contributed by atoms with Crippen LogP contribution in [0, 0.1) is 0 Å². The number of rotatable bonds is 2. The van der Waals surface area contributed by atoms with Gasteiger partial charge in [0.2, 0.25) is 0 Å². The normalized spacial score (nSPS) is 13.9. The highest BCUT2D eigenvalue weighted by Crippen LogP contribution is 2.41. The smallest absolute Gasteiger partial charge is 0.0706 e.